The Labute approximate surface area is 109 Å². The zero-order valence-electron chi connectivity index (χ0n) is 10.9. The summed E-state index contributed by atoms with van der Waals surface area (Å²) >= 11 is 1.83. The van der Waals surface area contributed by atoms with Gasteiger partial charge in [-0.1, -0.05) is 18.2 Å². The summed E-state index contributed by atoms with van der Waals surface area (Å²) in [6, 6.07) is 8.25. The lowest BCUT2D eigenvalue weighted by atomic mass is 10.2. The highest BCUT2D eigenvalue weighted by molar-refractivity contribution is 7.98. The van der Waals surface area contributed by atoms with E-state index in [1.807, 2.05) is 30.9 Å². The average Bonchev–Trinajstić information content (AvgIpc) is 2.32. The molecule has 17 heavy (non-hydrogen) atoms. The Balaban J connectivity index is 2.57. The van der Waals surface area contributed by atoms with Crippen molar-refractivity contribution in [2.24, 2.45) is 0 Å². The summed E-state index contributed by atoms with van der Waals surface area (Å²) in [5.41, 5.74) is 1.25. The standard InChI is InChI=1S/C13H22N2OS/c1-14-8-9-16-13-7-5-4-6-12(13)10-15(2)11-17-3/h4-7,14H,8-11H2,1-3H3. The van der Waals surface area contributed by atoms with Crippen LogP contribution in [0.1, 0.15) is 5.56 Å². The summed E-state index contributed by atoms with van der Waals surface area (Å²) in [5, 5.41) is 3.08. The smallest absolute Gasteiger partial charge is 0.123 e. The van der Waals surface area contributed by atoms with Gasteiger partial charge in [-0.25, -0.2) is 0 Å². The second-order valence-corrected chi connectivity index (χ2v) is 4.83. The van der Waals surface area contributed by atoms with Crippen LogP contribution in [0.25, 0.3) is 0 Å². The van der Waals surface area contributed by atoms with Gasteiger partial charge in [0.15, 0.2) is 0 Å². The fourth-order valence-electron chi connectivity index (χ4n) is 1.60. The Morgan fingerprint density at radius 3 is 2.82 bits per heavy atom. The van der Waals surface area contributed by atoms with Crippen molar-refractivity contribution in [3.05, 3.63) is 29.8 Å². The summed E-state index contributed by atoms with van der Waals surface area (Å²) in [7, 11) is 4.06. The van der Waals surface area contributed by atoms with Gasteiger partial charge in [0.25, 0.3) is 0 Å². The minimum atomic E-state index is 0.708. The second kappa shape index (κ2) is 8.39. The molecule has 0 aromatic heterocycles. The molecular weight excluding hydrogens is 232 g/mol. The third kappa shape index (κ3) is 5.44. The topological polar surface area (TPSA) is 24.5 Å². The van der Waals surface area contributed by atoms with E-state index >= 15 is 0 Å². The molecule has 3 nitrogen and oxygen atoms in total. The number of benzene rings is 1. The van der Waals surface area contributed by atoms with Crippen LogP contribution in [-0.4, -0.2) is 44.3 Å². The Morgan fingerprint density at radius 1 is 1.35 bits per heavy atom. The number of likely N-dealkylation sites (N-methyl/N-ethyl adjacent to an activating group) is 1. The highest BCUT2D eigenvalue weighted by Crippen LogP contribution is 2.19. The van der Waals surface area contributed by atoms with Crippen LogP contribution in [0.4, 0.5) is 0 Å². The number of hydrogen-bond donors (Lipinski definition) is 1. The molecule has 0 amide bonds. The fourth-order valence-corrected chi connectivity index (χ4v) is 2.13. The number of hydrogen-bond acceptors (Lipinski definition) is 4. The van der Waals surface area contributed by atoms with Gasteiger partial charge in [0.1, 0.15) is 12.4 Å². The van der Waals surface area contributed by atoms with Crippen molar-refractivity contribution in [2.45, 2.75) is 6.54 Å². The Bertz CT molecular complexity index is 320. The summed E-state index contributed by atoms with van der Waals surface area (Å²) in [6.45, 7) is 2.51. The van der Waals surface area contributed by atoms with Crippen molar-refractivity contribution in [3.8, 4) is 5.75 Å². The lowest BCUT2D eigenvalue weighted by molar-refractivity contribution is 0.305. The molecule has 0 saturated carbocycles. The predicted octanol–water partition coefficient (Wildman–Crippen LogP) is 2.04. The van der Waals surface area contributed by atoms with Crippen molar-refractivity contribution < 1.29 is 4.74 Å². The largest absolute Gasteiger partial charge is 0.492 e. The van der Waals surface area contributed by atoms with Crippen molar-refractivity contribution in [3.63, 3.8) is 0 Å². The molecule has 0 saturated heterocycles. The monoisotopic (exact) mass is 254 g/mol. The Kier molecular flexibility index (Phi) is 7.08. The molecule has 0 atom stereocenters. The predicted molar refractivity (Wildman–Crippen MR) is 75.7 cm³/mol. The van der Waals surface area contributed by atoms with E-state index in [1.54, 1.807) is 0 Å². The molecule has 1 rings (SSSR count). The van der Waals surface area contributed by atoms with Gasteiger partial charge >= 0.3 is 0 Å². The number of rotatable bonds is 8. The van der Waals surface area contributed by atoms with Crippen LogP contribution in [-0.2, 0) is 6.54 Å². The first-order valence-electron chi connectivity index (χ1n) is 5.80. The number of para-hydroxylation sites is 1. The number of nitrogens with zero attached hydrogens (tertiary/aromatic N) is 1. The first kappa shape index (κ1) is 14.4. The molecule has 96 valence electrons. The van der Waals surface area contributed by atoms with Gasteiger partial charge in [-0.05, 0) is 26.4 Å². The summed E-state index contributed by atoms with van der Waals surface area (Å²) in [4.78, 5) is 2.28. The molecule has 0 aliphatic heterocycles. The molecule has 0 spiro atoms. The van der Waals surface area contributed by atoms with Gasteiger partial charge in [-0.15, -0.1) is 11.8 Å². The van der Waals surface area contributed by atoms with Crippen LogP contribution in [0, 0.1) is 0 Å². The van der Waals surface area contributed by atoms with E-state index in [4.69, 9.17) is 4.74 Å². The molecule has 4 heteroatoms. The van der Waals surface area contributed by atoms with Crippen LogP contribution in [0.2, 0.25) is 0 Å². The third-order valence-corrected chi connectivity index (χ3v) is 3.07. The summed E-state index contributed by atoms with van der Waals surface area (Å²) < 4.78 is 5.76. The van der Waals surface area contributed by atoms with Crippen molar-refractivity contribution in [1.29, 1.82) is 0 Å². The minimum Gasteiger partial charge on any atom is -0.492 e. The number of ether oxygens (including phenoxy) is 1. The Hall–Kier alpha value is -0.710. The van der Waals surface area contributed by atoms with Crippen molar-refractivity contribution in [2.75, 3.05) is 39.4 Å². The maximum atomic E-state index is 5.76. The van der Waals surface area contributed by atoms with Gasteiger partial charge in [0.2, 0.25) is 0 Å². The minimum absolute atomic E-state index is 0.708. The normalized spacial score (nSPS) is 10.8. The van der Waals surface area contributed by atoms with Crippen molar-refractivity contribution in [1.82, 2.24) is 10.2 Å². The molecule has 0 unspecified atom stereocenters. The van der Waals surface area contributed by atoms with Gasteiger partial charge in [0, 0.05) is 24.5 Å². The number of nitrogens with one attached hydrogen (secondary N) is 1. The van der Waals surface area contributed by atoms with Gasteiger partial charge in [-0.3, -0.25) is 4.90 Å². The average molecular weight is 254 g/mol. The van der Waals surface area contributed by atoms with Gasteiger partial charge < -0.3 is 10.1 Å². The van der Waals surface area contributed by atoms with Gasteiger partial charge in [0.05, 0.1) is 0 Å². The van der Waals surface area contributed by atoms with E-state index in [9.17, 15) is 0 Å². The van der Waals surface area contributed by atoms with Crippen LogP contribution in [0.15, 0.2) is 24.3 Å². The molecule has 0 radical (unpaired) electrons. The number of thioether (sulfide) groups is 1. The van der Waals surface area contributed by atoms with Crippen molar-refractivity contribution >= 4 is 11.8 Å². The molecule has 0 aliphatic carbocycles. The molecular formula is C13H22N2OS. The zero-order valence-corrected chi connectivity index (χ0v) is 11.7. The molecule has 1 N–H and O–H groups in total. The maximum absolute atomic E-state index is 5.76. The lowest BCUT2D eigenvalue weighted by Gasteiger charge is -2.17. The molecule has 0 bridgehead atoms. The van der Waals surface area contributed by atoms with Gasteiger partial charge in [-0.2, -0.15) is 0 Å². The van der Waals surface area contributed by atoms with E-state index in [-0.39, 0.29) is 0 Å². The first-order chi connectivity index (χ1) is 8.27. The van der Waals surface area contributed by atoms with E-state index in [2.05, 4.69) is 35.7 Å². The Morgan fingerprint density at radius 2 is 2.12 bits per heavy atom. The van der Waals surface area contributed by atoms with Crippen LogP contribution in [0.5, 0.6) is 5.75 Å². The fraction of sp³-hybridized carbons (Fsp3) is 0.538. The quantitative estimate of drug-likeness (QED) is 0.567. The van der Waals surface area contributed by atoms with Crippen LogP contribution >= 0.6 is 11.8 Å². The molecule has 1 aromatic rings. The zero-order chi connectivity index (χ0) is 12.5. The maximum Gasteiger partial charge on any atom is 0.123 e. The molecule has 1 aromatic carbocycles. The third-order valence-electron chi connectivity index (χ3n) is 2.37. The van der Waals surface area contributed by atoms with E-state index in [0.717, 1.165) is 24.7 Å². The summed E-state index contributed by atoms with van der Waals surface area (Å²) in [6.07, 6.45) is 2.12. The summed E-state index contributed by atoms with van der Waals surface area (Å²) in [5.74, 6) is 2.03. The first-order valence-corrected chi connectivity index (χ1v) is 7.20. The molecule has 0 aliphatic rings. The highest BCUT2D eigenvalue weighted by atomic mass is 32.2. The molecule has 0 heterocycles. The molecule has 0 fully saturated rings. The van der Waals surface area contributed by atoms with Crippen LogP contribution in [0.3, 0.4) is 0 Å². The highest BCUT2D eigenvalue weighted by Gasteiger charge is 2.05. The second-order valence-electron chi connectivity index (χ2n) is 3.99. The van der Waals surface area contributed by atoms with E-state index < -0.39 is 0 Å². The van der Waals surface area contributed by atoms with E-state index in [1.165, 1.54) is 5.56 Å². The SMILES string of the molecule is CNCCOc1ccccc1CN(C)CSC. The van der Waals surface area contributed by atoms with E-state index in [0.29, 0.717) is 6.61 Å². The van der Waals surface area contributed by atoms with Crippen LogP contribution < -0.4 is 10.1 Å². The lowest BCUT2D eigenvalue weighted by Crippen LogP contribution is -2.19.